The summed E-state index contributed by atoms with van der Waals surface area (Å²) >= 11 is 0. The highest BCUT2D eigenvalue weighted by molar-refractivity contribution is 5.94. The van der Waals surface area contributed by atoms with Crippen molar-refractivity contribution in [2.75, 3.05) is 20.2 Å². The average Bonchev–Trinajstić information content (AvgIpc) is 3.35. The number of nitrogens with one attached hydrogen (secondary N) is 1. The Labute approximate surface area is 189 Å². The predicted molar refractivity (Wildman–Crippen MR) is 124 cm³/mol. The maximum absolute atomic E-state index is 12.7. The Bertz CT molecular complexity index is 1030. The Balaban J connectivity index is 1.34. The zero-order valence-corrected chi connectivity index (χ0v) is 18.4. The molecule has 3 aromatic rings. The van der Waals surface area contributed by atoms with Crippen molar-refractivity contribution in [3.8, 4) is 11.5 Å². The first-order valence-electron chi connectivity index (χ1n) is 11.0. The van der Waals surface area contributed by atoms with E-state index in [1.807, 2.05) is 48.5 Å². The highest BCUT2D eigenvalue weighted by Crippen LogP contribution is 2.29. The topological polar surface area (TPSA) is 63.7 Å². The molecule has 1 aliphatic heterocycles. The SMILES string of the molecule is COc1cc(CNC(=O)c2cccc(CN3CCCC3)c2)ccc1OCc1ccncc1. The van der Waals surface area contributed by atoms with Crippen molar-refractivity contribution in [2.24, 2.45) is 0 Å². The van der Waals surface area contributed by atoms with E-state index in [1.54, 1.807) is 19.5 Å². The predicted octanol–water partition coefficient (Wildman–Crippen LogP) is 4.20. The molecule has 0 aliphatic carbocycles. The number of methoxy groups -OCH3 is 1. The van der Waals surface area contributed by atoms with E-state index in [0.717, 1.165) is 30.8 Å². The molecule has 4 rings (SSSR count). The molecule has 1 fully saturated rings. The van der Waals surface area contributed by atoms with Crippen LogP contribution in [0.25, 0.3) is 0 Å². The van der Waals surface area contributed by atoms with Crippen molar-refractivity contribution in [3.05, 3.63) is 89.2 Å². The molecule has 0 atom stereocenters. The van der Waals surface area contributed by atoms with Gasteiger partial charge in [0.1, 0.15) is 6.61 Å². The number of aromatic nitrogens is 1. The van der Waals surface area contributed by atoms with Crippen molar-refractivity contribution < 1.29 is 14.3 Å². The molecular formula is C26H29N3O3. The summed E-state index contributed by atoms with van der Waals surface area (Å²) in [5.41, 5.74) is 3.84. The molecule has 0 bridgehead atoms. The van der Waals surface area contributed by atoms with Crippen LogP contribution in [0.15, 0.2) is 67.0 Å². The van der Waals surface area contributed by atoms with E-state index in [1.165, 1.54) is 18.4 Å². The molecule has 2 heterocycles. The Hall–Kier alpha value is -3.38. The van der Waals surface area contributed by atoms with Crippen LogP contribution in [-0.2, 0) is 19.7 Å². The van der Waals surface area contributed by atoms with Crippen LogP contribution in [0, 0.1) is 0 Å². The summed E-state index contributed by atoms with van der Waals surface area (Å²) < 4.78 is 11.4. The number of likely N-dealkylation sites (tertiary alicyclic amines) is 1. The number of hydrogen-bond acceptors (Lipinski definition) is 5. The lowest BCUT2D eigenvalue weighted by Crippen LogP contribution is -2.23. The fraction of sp³-hybridized carbons (Fsp3) is 0.308. The first-order valence-corrected chi connectivity index (χ1v) is 11.0. The fourth-order valence-electron chi connectivity index (χ4n) is 3.88. The van der Waals surface area contributed by atoms with Crippen molar-refractivity contribution in [3.63, 3.8) is 0 Å². The van der Waals surface area contributed by atoms with E-state index in [9.17, 15) is 4.79 Å². The van der Waals surface area contributed by atoms with E-state index < -0.39 is 0 Å². The van der Waals surface area contributed by atoms with Gasteiger partial charge in [-0.15, -0.1) is 0 Å². The van der Waals surface area contributed by atoms with Crippen LogP contribution < -0.4 is 14.8 Å². The van der Waals surface area contributed by atoms with Crippen molar-refractivity contribution >= 4 is 5.91 Å². The van der Waals surface area contributed by atoms with Crippen LogP contribution >= 0.6 is 0 Å². The smallest absolute Gasteiger partial charge is 0.251 e. The number of ether oxygens (including phenoxy) is 2. The van der Waals surface area contributed by atoms with Gasteiger partial charge >= 0.3 is 0 Å². The van der Waals surface area contributed by atoms with E-state index in [-0.39, 0.29) is 5.91 Å². The molecule has 0 saturated carbocycles. The van der Waals surface area contributed by atoms with E-state index in [4.69, 9.17) is 9.47 Å². The quantitative estimate of drug-likeness (QED) is 0.550. The third-order valence-electron chi connectivity index (χ3n) is 5.62. The molecule has 1 aromatic heterocycles. The maximum atomic E-state index is 12.7. The van der Waals surface area contributed by atoms with Gasteiger partial charge in [-0.2, -0.15) is 0 Å². The molecule has 0 unspecified atom stereocenters. The summed E-state index contributed by atoms with van der Waals surface area (Å²) in [5.74, 6) is 1.22. The van der Waals surface area contributed by atoms with Crippen LogP contribution in [-0.4, -0.2) is 36.0 Å². The third kappa shape index (κ3) is 5.86. The van der Waals surface area contributed by atoms with Crippen molar-refractivity contribution in [1.82, 2.24) is 15.2 Å². The van der Waals surface area contributed by atoms with Gasteiger partial charge in [0.15, 0.2) is 11.5 Å². The minimum absolute atomic E-state index is 0.0785. The summed E-state index contributed by atoms with van der Waals surface area (Å²) in [6.07, 6.45) is 6.00. The normalized spacial score (nSPS) is 13.7. The molecule has 166 valence electrons. The Morgan fingerprint density at radius 1 is 0.969 bits per heavy atom. The van der Waals surface area contributed by atoms with Gasteiger partial charge in [0, 0.05) is 31.0 Å². The number of nitrogens with zero attached hydrogens (tertiary/aromatic N) is 2. The summed E-state index contributed by atoms with van der Waals surface area (Å²) in [7, 11) is 1.61. The fourth-order valence-corrected chi connectivity index (χ4v) is 3.88. The lowest BCUT2D eigenvalue weighted by molar-refractivity contribution is 0.0950. The van der Waals surface area contributed by atoms with Crippen LogP contribution in [0.4, 0.5) is 0 Å². The molecule has 1 amide bonds. The second-order valence-corrected chi connectivity index (χ2v) is 8.00. The number of carbonyl (C=O) groups excluding carboxylic acids is 1. The molecule has 32 heavy (non-hydrogen) atoms. The minimum atomic E-state index is -0.0785. The van der Waals surface area contributed by atoms with Gasteiger partial charge in [0.25, 0.3) is 5.91 Å². The van der Waals surface area contributed by atoms with Crippen LogP contribution in [0.3, 0.4) is 0 Å². The average molecular weight is 432 g/mol. The number of rotatable bonds is 9. The number of amides is 1. The van der Waals surface area contributed by atoms with Crippen molar-refractivity contribution in [2.45, 2.75) is 32.5 Å². The lowest BCUT2D eigenvalue weighted by Gasteiger charge is -2.15. The summed E-state index contributed by atoms with van der Waals surface area (Å²) in [6.45, 7) is 4.03. The third-order valence-corrected chi connectivity index (χ3v) is 5.62. The van der Waals surface area contributed by atoms with Gasteiger partial charge in [-0.25, -0.2) is 0 Å². The second-order valence-electron chi connectivity index (χ2n) is 8.00. The van der Waals surface area contributed by atoms with Gasteiger partial charge in [-0.3, -0.25) is 14.7 Å². The Morgan fingerprint density at radius 2 is 1.78 bits per heavy atom. The monoisotopic (exact) mass is 431 g/mol. The standard InChI is InChI=1S/C26H29N3O3/c1-31-25-16-21(7-8-24(25)32-19-20-9-11-27-12-10-20)17-28-26(30)23-6-4-5-22(15-23)18-29-13-2-3-14-29/h4-12,15-16H,2-3,13-14,17-19H2,1H3,(H,28,30). The maximum Gasteiger partial charge on any atom is 0.251 e. The van der Waals surface area contributed by atoms with Crippen LogP contribution in [0.1, 0.15) is 39.9 Å². The molecule has 2 aromatic carbocycles. The molecule has 1 saturated heterocycles. The Kier molecular flexibility index (Phi) is 7.35. The number of benzene rings is 2. The van der Waals surface area contributed by atoms with Crippen molar-refractivity contribution in [1.29, 1.82) is 0 Å². The number of hydrogen-bond donors (Lipinski definition) is 1. The van der Waals surface area contributed by atoms with E-state index >= 15 is 0 Å². The first-order chi connectivity index (χ1) is 15.7. The first kappa shape index (κ1) is 21.8. The van der Waals surface area contributed by atoms with E-state index in [0.29, 0.717) is 30.2 Å². The number of carbonyl (C=O) groups is 1. The molecular weight excluding hydrogens is 402 g/mol. The molecule has 1 N–H and O–H groups in total. The highest BCUT2D eigenvalue weighted by Gasteiger charge is 2.13. The lowest BCUT2D eigenvalue weighted by atomic mass is 10.1. The van der Waals surface area contributed by atoms with Gasteiger partial charge < -0.3 is 14.8 Å². The van der Waals surface area contributed by atoms with Gasteiger partial charge in [0.2, 0.25) is 0 Å². The zero-order valence-electron chi connectivity index (χ0n) is 18.4. The molecule has 1 aliphatic rings. The van der Waals surface area contributed by atoms with Crippen LogP contribution in [0.5, 0.6) is 11.5 Å². The molecule has 0 spiro atoms. The minimum Gasteiger partial charge on any atom is -0.493 e. The molecule has 6 nitrogen and oxygen atoms in total. The highest BCUT2D eigenvalue weighted by atomic mass is 16.5. The van der Waals surface area contributed by atoms with Gasteiger partial charge in [0.05, 0.1) is 7.11 Å². The number of pyridine rings is 1. The second kappa shape index (κ2) is 10.8. The largest absolute Gasteiger partial charge is 0.493 e. The van der Waals surface area contributed by atoms with Gasteiger partial charge in [-0.05, 0) is 79.0 Å². The summed E-state index contributed by atoms with van der Waals surface area (Å²) in [6, 6.07) is 17.4. The molecule has 0 radical (unpaired) electrons. The summed E-state index contributed by atoms with van der Waals surface area (Å²) in [5, 5.41) is 3.01. The van der Waals surface area contributed by atoms with Gasteiger partial charge in [-0.1, -0.05) is 18.2 Å². The van der Waals surface area contributed by atoms with Crippen LogP contribution in [0.2, 0.25) is 0 Å². The zero-order chi connectivity index (χ0) is 22.2. The molecule has 6 heteroatoms. The Morgan fingerprint density at radius 3 is 2.56 bits per heavy atom. The van der Waals surface area contributed by atoms with E-state index in [2.05, 4.69) is 21.3 Å². The summed E-state index contributed by atoms with van der Waals surface area (Å²) in [4.78, 5) is 19.1.